The number of sulfonamides is 1. The Labute approximate surface area is 139 Å². The first kappa shape index (κ1) is 16.2. The van der Waals surface area contributed by atoms with Crippen LogP contribution in [0.3, 0.4) is 0 Å². The first-order chi connectivity index (χ1) is 10.8. The number of fused-ring (bicyclic) bond motifs is 1. The zero-order valence-electron chi connectivity index (χ0n) is 12.7. The van der Waals surface area contributed by atoms with E-state index in [1.165, 1.54) is 33.9 Å². The van der Waals surface area contributed by atoms with Gasteiger partial charge in [0.05, 0.1) is 9.77 Å². The molecule has 0 unspecified atom stereocenters. The van der Waals surface area contributed by atoms with Crippen LogP contribution >= 0.6 is 11.3 Å². The van der Waals surface area contributed by atoms with Crippen LogP contribution in [-0.4, -0.2) is 14.3 Å². The fourth-order valence-corrected chi connectivity index (χ4v) is 4.42. The second kappa shape index (κ2) is 6.07. The van der Waals surface area contributed by atoms with Gasteiger partial charge in [0.25, 0.3) is 5.91 Å². The second-order valence-electron chi connectivity index (χ2n) is 5.93. The van der Waals surface area contributed by atoms with Crippen LogP contribution in [0, 0.1) is 5.92 Å². The number of rotatable bonds is 3. The summed E-state index contributed by atoms with van der Waals surface area (Å²) in [6.07, 6.45) is 3.19. The summed E-state index contributed by atoms with van der Waals surface area (Å²) < 4.78 is 22.7. The molecule has 0 bridgehead atoms. The molecule has 0 fully saturated rings. The smallest absolute Gasteiger partial charge is 0.265 e. The molecule has 23 heavy (non-hydrogen) atoms. The minimum absolute atomic E-state index is 0.0189. The fourth-order valence-electron chi connectivity index (χ4n) is 2.76. The lowest BCUT2D eigenvalue weighted by molar-refractivity contribution is 0.103. The third-order valence-electron chi connectivity index (χ3n) is 3.97. The van der Waals surface area contributed by atoms with Crippen molar-refractivity contribution in [1.29, 1.82) is 0 Å². The van der Waals surface area contributed by atoms with Crippen LogP contribution in [0.4, 0.5) is 5.69 Å². The first-order valence-electron chi connectivity index (χ1n) is 7.39. The normalized spacial score (nSPS) is 17.6. The summed E-state index contributed by atoms with van der Waals surface area (Å²) in [5.41, 5.74) is 1.68. The summed E-state index contributed by atoms with van der Waals surface area (Å²) in [4.78, 5) is 14.3. The highest BCUT2D eigenvalue weighted by molar-refractivity contribution is 7.89. The number of primary sulfonamides is 1. The van der Waals surface area contributed by atoms with E-state index in [0.717, 1.165) is 19.3 Å². The van der Waals surface area contributed by atoms with Crippen molar-refractivity contribution in [3.05, 3.63) is 45.6 Å². The summed E-state index contributed by atoms with van der Waals surface area (Å²) in [7, 11) is -3.78. The SMILES string of the molecule is C[C@H]1CCc2sc(C(=O)Nc3cccc(S(N)(=O)=O)c3)cc2C1. The Hall–Kier alpha value is -1.70. The second-order valence-corrected chi connectivity index (χ2v) is 8.63. The van der Waals surface area contributed by atoms with E-state index >= 15 is 0 Å². The van der Waals surface area contributed by atoms with Gasteiger partial charge in [0.1, 0.15) is 0 Å². The molecule has 7 heteroatoms. The van der Waals surface area contributed by atoms with Gasteiger partial charge in [0.2, 0.25) is 10.0 Å². The molecule has 5 nitrogen and oxygen atoms in total. The molecule has 0 spiro atoms. The van der Waals surface area contributed by atoms with Gasteiger partial charge in [-0.2, -0.15) is 0 Å². The Balaban J connectivity index is 1.80. The molecule has 3 rings (SSSR count). The highest BCUT2D eigenvalue weighted by Gasteiger charge is 2.21. The number of hydrogen-bond acceptors (Lipinski definition) is 4. The number of hydrogen-bond donors (Lipinski definition) is 2. The van der Waals surface area contributed by atoms with E-state index in [0.29, 0.717) is 16.5 Å². The van der Waals surface area contributed by atoms with Crippen LogP contribution < -0.4 is 10.5 Å². The zero-order valence-corrected chi connectivity index (χ0v) is 14.3. The summed E-state index contributed by atoms with van der Waals surface area (Å²) in [5.74, 6) is 0.433. The Morgan fingerprint density at radius 2 is 2.13 bits per heavy atom. The van der Waals surface area contributed by atoms with Crippen molar-refractivity contribution < 1.29 is 13.2 Å². The summed E-state index contributed by atoms with van der Waals surface area (Å²) in [6, 6.07) is 7.91. The third-order valence-corrected chi connectivity index (χ3v) is 6.12. The standard InChI is InChI=1S/C16H18N2O3S2/c1-10-5-6-14-11(7-10)8-15(22-14)16(19)18-12-3-2-4-13(9-12)23(17,20)21/h2-4,8-10H,5-7H2,1H3,(H,18,19)(H2,17,20,21)/t10-/m0/s1. The average Bonchev–Trinajstić information content (AvgIpc) is 2.90. The largest absolute Gasteiger partial charge is 0.321 e. The Morgan fingerprint density at radius 1 is 1.35 bits per heavy atom. The minimum atomic E-state index is -3.78. The molecule has 1 aliphatic rings. The van der Waals surface area contributed by atoms with E-state index in [1.807, 2.05) is 6.07 Å². The molecule has 3 N–H and O–H groups in total. The van der Waals surface area contributed by atoms with Gasteiger partial charge in [0, 0.05) is 10.6 Å². The number of aryl methyl sites for hydroxylation is 1. The summed E-state index contributed by atoms with van der Waals surface area (Å²) in [6.45, 7) is 2.22. The molecular weight excluding hydrogens is 332 g/mol. The van der Waals surface area contributed by atoms with Crippen molar-refractivity contribution in [3.63, 3.8) is 0 Å². The number of nitrogens with one attached hydrogen (secondary N) is 1. The van der Waals surface area contributed by atoms with Crippen molar-refractivity contribution in [2.75, 3.05) is 5.32 Å². The molecular formula is C16H18N2O3S2. The Morgan fingerprint density at radius 3 is 2.87 bits per heavy atom. The molecule has 1 amide bonds. The number of thiophene rings is 1. The van der Waals surface area contributed by atoms with Gasteiger partial charge in [-0.05, 0) is 55.0 Å². The van der Waals surface area contributed by atoms with Gasteiger partial charge < -0.3 is 5.32 Å². The number of benzene rings is 1. The Bertz CT molecular complexity index is 856. The van der Waals surface area contributed by atoms with Crippen molar-refractivity contribution in [3.8, 4) is 0 Å². The third kappa shape index (κ3) is 3.63. The molecule has 1 aromatic carbocycles. The van der Waals surface area contributed by atoms with E-state index < -0.39 is 10.0 Å². The monoisotopic (exact) mass is 350 g/mol. The van der Waals surface area contributed by atoms with Crippen molar-refractivity contribution >= 4 is 33.0 Å². The number of carbonyl (C=O) groups is 1. The number of anilines is 1. The molecule has 1 aliphatic carbocycles. The van der Waals surface area contributed by atoms with E-state index in [1.54, 1.807) is 12.1 Å². The van der Waals surface area contributed by atoms with E-state index in [-0.39, 0.29) is 10.8 Å². The topological polar surface area (TPSA) is 89.3 Å². The van der Waals surface area contributed by atoms with Gasteiger partial charge in [-0.3, -0.25) is 4.79 Å². The summed E-state index contributed by atoms with van der Waals surface area (Å²) >= 11 is 1.52. The van der Waals surface area contributed by atoms with Crippen LogP contribution in [0.25, 0.3) is 0 Å². The molecule has 1 atom stereocenters. The Kier molecular flexibility index (Phi) is 4.27. The minimum Gasteiger partial charge on any atom is -0.321 e. The molecule has 2 aromatic rings. The van der Waals surface area contributed by atoms with Crippen LogP contribution in [-0.2, 0) is 22.9 Å². The molecule has 0 radical (unpaired) electrons. The molecule has 1 heterocycles. The number of amides is 1. The lowest BCUT2D eigenvalue weighted by Crippen LogP contribution is -2.14. The van der Waals surface area contributed by atoms with Crippen molar-refractivity contribution in [1.82, 2.24) is 0 Å². The maximum absolute atomic E-state index is 12.4. The van der Waals surface area contributed by atoms with Crippen molar-refractivity contribution in [2.24, 2.45) is 11.1 Å². The van der Waals surface area contributed by atoms with E-state index in [2.05, 4.69) is 12.2 Å². The number of carbonyl (C=O) groups excluding carboxylic acids is 1. The van der Waals surface area contributed by atoms with Crippen LogP contribution in [0.1, 0.15) is 33.5 Å². The quantitative estimate of drug-likeness (QED) is 0.892. The zero-order chi connectivity index (χ0) is 16.6. The van der Waals surface area contributed by atoms with E-state index in [4.69, 9.17) is 5.14 Å². The summed E-state index contributed by atoms with van der Waals surface area (Å²) in [5, 5.41) is 7.85. The van der Waals surface area contributed by atoms with Gasteiger partial charge in [-0.1, -0.05) is 13.0 Å². The maximum Gasteiger partial charge on any atom is 0.265 e. The van der Waals surface area contributed by atoms with Gasteiger partial charge in [-0.15, -0.1) is 11.3 Å². The molecule has 0 aliphatic heterocycles. The predicted molar refractivity (Wildman–Crippen MR) is 91.3 cm³/mol. The van der Waals surface area contributed by atoms with Gasteiger partial charge in [-0.25, -0.2) is 13.6 Å². The lowest BCUT2D eigenvalue weighted by atomic mass is 9.90. The van der Waals surface area contributed by atoms with Crippen molar-refractivity contribution in [2.45, 2.75) is 31.1 Å². The van der Waals surface area contributed by atoms with Crippen LogP contribution in [0.2, 0.25) is 0 Å². The molecule has 0 saturated heterocycles. The van der Waals surface area contributed by atoms with Gasteiger partial charge >= 0.3 is 0 Å². The number of nitrogens with two attached hydrogens (primary N) is 1. The highest BCUT2D eigenvalue weighted by Crippen LogP contribution is 2.32. The van der Waals surface area contributed by atoms with Crippen LogP contribution in [0.15, 0.2) is 35.2 Å². The lowest BCUT2D eigenvalue weighted by Gasteiger charge is -2.16. The highest BCUT2D eigenvalue weighted by atomic mass is 32.2. The van der Waals surface area contributed by atoms with Crippen LogP contribution in [0.5, 0.6) is 0 Å². The molecule has 0 saturated carbocycles. The molecule has 1 aromatic heterocycles. The predicted octanol–water partition coefficient (Wildman–Crippen LogP) is 2.77. The fraction of sp³-hybridized carbons (Fsp3) is 0.312. The molecule has 122 valence electrons. The van der Waals surface area contributed by atoms with E-state index in [9.17, 15) is 13.2 Å². The first-order valence-corrected chi connectivity index (χ1v) is 9.75. The average molecular weight is 350 g/mol. The maximum atomic E-state index is 12.4. The van der Waals surface area contributed by atoms with Gasteiger partial charge in [0.15, 0.2) is 0 Å².